The molecule has 0 aliphatic rings. The zero-order valence-corrected chi connectivity index (χ0v) is 17.3. The average molecular weight is 407 g/mol. The van der Waals surface area contributed by atoms with Crippen molar-refractivity contribution >= 4 is 17.6 Å². The summed E-state index contributed by atoms with van der Waals surface area (Å²) in [5.41, 5.74) is 2.13. The topological polar surface area (TPSA) is 82.3 Å². The van der Waals surface area contributed by atoms with Crippen molar-refractivity contribution in [2.45, 2.75) is 26.2 Å². The number of rotatable bonds is 7. The first-order chi connectivity index (χ1) is 14.4. The molecule has 1 aromatic heterocycles. The van der Waals surface area contributed by atoms with Gasteiger partial charge in [-0.25, -0.2) is 4.68 Å². The van der Waals surface area contributed by atoms with Crippen molar-refractivity contribution in [3.63, 3.8) is 0 Å². The van der Waals surface area contributed by atoms with Gasteiger partial charge in [-0.05, 0) is 30.5 Å². The molecule has 7 heteroatoms. The SMILES string of the molecule is Cc1c(NC(=O)COC(=O)C[C@H](C)c2ccccc2)c(=O)n(-c2ccccc2)n1C. The van der Waals surface area contributed by atoms with Crippen molar-refractivity contribution in [3.05, 3.63) is 82.3 Å². The lowest BCUT2D eigenvalue weighted by atomic mass is 9.98. The number of carbonyl (C=O) groups is 2. The molecule has 0 aliphatic heterocycles. The van der Waals surface area contributed by atoms with Crippen molar-refractivity contribution in [1.29, 1.82) is 0 Å². The fourth-order valence-electron chi connectivity index (χ4n) is 3.24. The molecule has 156 valence electrons. The van der Waals surface area contributed by atoms with Crippen LogP contribution in [-0.2, 0) is 21.4 Å². The average Bonchev–Trinajstić information content (AvgIpc) is 2.96. The molecule has 0 fully saturated rings. The summed E-state index contributed by atoms with van der Waals surface area (Å²) in [5, 5.41) is 2.58. The number of esters is 1. The van der Waals surface area contributed by atoms with E-state index in [1.165, 1.54) is 4.68 Å². The number of nitrogens with zero attached hydrogens (tertiary/aromatic N) is 2. The van der Waals surface area contributed by atoms with E-state index >= 15 is 0 Å². The summed E-state index contributed by atoms with van der Waals surface area (Å²) in [7, 11) is 1.74. The second-order valence-corrected chi connectivity index (χ2v) is 7.16. The molecular weight excluding hydrogens is 382 g/mol. The van der Waals surface area contributed by atoms with Crippen LogP contribution in [-0.4, -0.2) is 27.8 Å². The smallest absolute Gasteiger partial charge is 0.306 e. The Balaban J connectivity index is 1.62. The maximum atomic E-state index is 12.8. The molecule has 1 heterocycles. The van der Waals surface area contributed by atoms with Crippen molar-refractivity contribution in [2.75, 3.05) is 11.9 Å². The summed E-state index contributed by atoms with van der Waals surface area (Å²) in [4.78, 5) is 37.2. The first-order valence-corrected chi connectivity index (χ1v) is 9.73. The molecule has 3 rings (SSSR count). The van der Waals surface area contributed by atoms with Crippen LogP contribution in [0.15, 0.2) is 65.5 Å². The Bertz CT molecular complexity index is 1080. The standard InChI is InChI=1S/C23H25N3O4/c1-16(18-10-6-4-7-11-18)14-21(28)30-15-20(27)24-22-17(2)25(3)26(23(22)29)19-12-8-5-9-13-19/h4-13,16H,14-15H2,1-3H3,(H,24,27)/t16-/m0/s1. The minimum Gasteiger partial charge on any atom is -0.456 e. The zero-order chi connectivity index (χ0) is 21.7. The number of amides is 1. The van der Waals surface area contributed by atoms with E-state index in [4.69, 9.17) is 4.74 Å². The van der Waals surface area contributed by atoms with Gasteiger partial charge in [0.25, 0.3) is 11.5 Å². The van der Waals surface area contributed by atoms with E-state index in [0.717, 1.165) is 5.56 Å². The molecule has 0 aliphatic carbocycles. The Morgan fingerprint density at radius 3 is 2.27 bits per heavy atom. The van der Waals surface area contributed by atoms with Crippen LogP contribution in [0.5, 0.6) is 0 Å². The molecule has 7 nitrogen and oxygen atoms in total. The summed E-state index contributed by atoms with van der Waals surface area (Å²) >= 11 is 0. The fraction of sp³-hybridized carbons (Fsp3) is 0.261. The molecular formula is C23H25N3O4. The monoisotopic (exact) mass is 407 g/mol. The van der Waals surface area contributed by atoms with E-state index in [-0.39, 0.29) is 23.6 Å². The number of benzene rings is 2. The van der Waals surface area contributed by atoms with E-state index < -0.39 is 18.5 Å². The Hall–Kier alpha value is -3.61. The highest BCUT2D eigenvalue weighted by molar-refractivity contribution is 5.93. The molecule has 30 heavy (non-hydrogen) atoms. The summed E-state index contributed by atoms with van der Waals surface area (Å²) in [6.07, 6.45) is 0.169. The molecule has 1 amide bonds. The summed E-state index contributed by atoms with van der Waals surface area (Å²) in [6.45, 7) is 3.22. The highest BCUT2D eigenvalue weighted by Crippen LogP contribution is 2.19. The van der Waals surface area contributed by atoms with Crippen LogP contribution in [0.2, 0.25) is 0 Å². The molecule has 0 spiro atoms. The lowest BCUT2D eigenvalue weighted by Gasteiger charge is -2.11. The third-order valence-corrected chi connectivity index (χ3v) is 5.02. The van der Waals surface area contributed by atoms with Gasteiger partial charge in [0.2, 0.25) is 0 Å². The van der Waals surface area contributed by atoms with Gasteiger partial charge >= 0.3 is 5.97 Å². The van der Waals surface area contributed by atoms with E-state index in [0.29, 0.717) is 11.4 Å². The van der Waals surface area contributed by atoms with E-state index in [2.05, 4.69) is 5.32 Å². The molecule has 0 radical (unpaired) electrons. The molecule has 0 unspecified atom stereocenters. The largest absolute Gasteiger partial charge is 0.456 e. The maximum Gasteiger partial charge on any atom is 0.306 e. The lowest BCUT2D eigenvalue weighted by molar-refractivity contribution is -0.147. The van der Waals surface area contributed by atoms with Crippen LogP contribution in [0.4, 0.5) is 5.69 Å². The van der Waals surface area contributed by atoms with Crippen LogP contribution in [0.1, 0.15) is 30.5 Å². The predicted molar refractivity (Wildman–Crippen MR) is 115 cm³/mol. The minimum atomic E-state index is -0.554. The van der Waals surface area contributed by atoms with Gasteiger partial charge in [-0.3, -0.25) is 19.1 Å². The minimum absolute atomic E-state index is 0.0174. The summed E-state index contributed by atoms with van der Waals surface area (Å²) in [5.74, 6) is -1.04. The second kappa shape index (κ2) is 9.26. The maximum absolute atomic E-state index is 12.8. The van der Waals surface area contributed by atoms with Gasteiger partial charge in [-0.2, -0.15) is 0 Å². The van der Waals surface area contributed by atoms with Crippen molar-refractivity contribution in [3.8, 4) is 5.69 Å². The quantitative estimate of drug-likeness (QED) is 0.610. The Morgan fingerprint density at radius 2 is 1.63 bits per heavy atom. The number of hydrogen-bond donors (Lipinski definition) is 1. The summed E-state index contributed by atoms with van der Waals surface area (Å²) in [6, 6.07) is 18.8. The number of carbonyl (C=O) groups excluding carboxylic acids is 2. The molecule has 0 saturated carbocycles. The number of para-hydroxylation sites is 1. The van der Waals surface area contributed by atoms with Crippen LogP contribution in [0.3, 0.4) is 0 Å². The van der Waals surface area contributed by atoms with Gasteiger partial charge in [-0.15, -0.1) is 0 Å². The van der Waals surface area contributed by atoms with Gasteiger partial charge in [0.1, 0.15) is 5.69 Å². The van der Waals surface area contributed by atoms with E-state index in [1.54, 1.807) is 18.7 Å². The molecule has 2 aromatic carbocycles. The van der Waals surface area contributed by atoms with Crippen LogP contribution < -0.4 is 10.9 Å². The van der Waals surface area contributed by atoms with Gasteiger partial charge in [0.15, 0.2) is 6.61 Å². The lowest BCUT2D eigenvalue weighted by Crippen LogP contribution is -2.26. The van der Waals surface area contributed by atoms with Gasteiger partial charge < -0.3 is 10.1 Å². The van der Waals surface area contributed by atoms with Crippen molar-refractivity contribution in [1.82, 2.24) is 9.36 Å². The van der Waals surface area contributed by atoms with Crippen molar-refractivity contribution < 1.29 is 14.3 Å². The van der Waals surface area contributed by atoms with Crippen LogP contribution in [0, 0.1) is 6.92 Å². The molecule has 1 N–H and O–H groups in total. The Morgan fingerprint density at radius 1 is 1.03 bits per heavy atom. The van der Waals surface area contributed by atoms with Gasteiger partial charge in [-0.1, -0.05) is 55.5 Å². The number of aromatic nitrogens is 2. The molecule has 0 bridgehead atoms. The Labute approximate surface area is 174 Å². The highest BCUT2D eigenvalue weighted by atomic mass is 16.5. The molecule has 1 atom stereocenters. The zero-order valence-electron chi connectivity index (χ0n) is 17.3. The number of ether oxygens (including phenoxy) is 1. The second-order valence-electron chi connectivity index (χ2n) is 7.16. The predicted octanol–water partition coefficient (Wildman–Crippen LogP) is 3.16. The molecule has 3 aromatic rings. The normalized spacial score (nSPS) is 11.7. The summed E-state index contributed by atoms with van der Waals surface area (Å²) < 4.78 is 8.24. The molecule has 0 saturated heterocycles. The first kappa shape index (κ1) is 21.1. The van der Waals surface area contributed by atoms with Crippen LogP contribution >= 0.6 is 0 Å². The van der Waals surface area contributed by atoms with E-state index in [9.17, 15) is 14.4 Å². The number of hydrogen-bond acceptors (Lipinski definition) is 4. The third kappa shape index (κ3) is 4.68. The number of nitrogens with one attached hydrogen (secondary N) is 1. The fourth-order valence-corrected chi connectivity index (χ4v) is 3.24. The third-order valence-electron chi connectivity index (χ3n) is 5.02. The Kier molecular flexibility index (Phi) is 6.51. The number of anilines is 1. The van der Waals surface area contributed by atoms with Crippen LogP contribution in [0.25, 0.3) is 5.69 Å². The first-order valence-electron chi connectivity index (χ1n) is 9.73. The van der Waals surface area contributed by atoms with E-state index in [1.807, 2.05) is 67.6 Å². The van der Waals surface area contributed by atoms with Crippen molar-refractivity contribution in [2.24, 2.45) is 7.05 Å². The van der Waals surface area contributed by atoms with Gasteiger partial charge in [0, 0.05) is 7.05 Å². The van der Waals surface area contributed by atoms with Gasteiger partial charge in [0.05, 0.1) is 17.8 Å². The highest BCUT2D eigenvalue weighted by Gasteiger charge is 2.19.